The summed E-state index contributed by atoms with van der Waals surface area (Å²) in [6, 6.07) is 7.84. The Morgan fingerprint density at radius 3 is 2.00 bits per heavy atom. The van der Waals surface area contributed by atoms with E-state index in [9.17, 15) is 4.79 Å². The third-order valence-electron chi connectivity index (χ3n) is 2.62. The molecular formula is C14H18Br2O. The molecule has 0 bridgehead atoms. The van der Waals surface area contributed by atoms with Crippen molar-refractivity contribution in [3.63, 3.8) is 0 Å². The molecule has 0 aliphatic carbocycles. The largest absolute Gasteiger partial charge is 0.293 e. The monoisotopic (exact) mass is 360 g/mol. The summed E-state index contributed by atoms with van der Waals surface area (Å²) in [6.07, 6.45) is 0. The van der Waals surface area contributed by atoms with Crippen LogP contribution in [0.3, 0.4) is 0 Å². The topological polar surface area (TPSA) is 17.1 Å². The summed E-state index contributed by atoms with van der Waals surface area (Å²) in [7, 11) is 0. The van der Waals surface area contributed by atoms with E-state index >= 15 is 0 Å². The summed E-state index contributed by atoms with van der Waals surface area (Å²) in [5, 5.41) is 0. The van der Waals surface area contributed by atoms with E-state index in [2.05, 4.69) is 45.7 Å². The van der Waals surface area contributed by atoms with Crippen LogP contribution >= 0.6 is 31.9 Å². The number of alkyl halides is 2. The second-order valence-corrected chi connectivity index (χ2v) is 8.04. The number of hydrogen-bond acceptors (Lipinski definition) is 1. The van der Waals surface area contributed by atoms with E-state index in [1.54, 1.807) is 0 Å². The Morgan fingerprint density at radius 2 is 1.65 bits per heavy atom. The maximum Gasteiger partial charge on any atom is 0.178 e. The first kappa shape index (κ1) is 14.9. The minimum absolute atomic E-state index is 0.111. The molecule has 3 heteroatoms. The molecule has 1 rings (SSSR count). The van der Waals surface area contributed by atoms with Crippen molar-refractivity contribution in [3.8, 4) is 0 Å². The van der Waals surface area contributed by atoms with Gasteiger partial charge in [0.2, 0.25) is 0 Å². The molecule has 1 unspecified atom stereocenters. The lowest BCUT2D eigenvalue weighted by Crippen LogP contribution is -2.23. The number of hydrogen-bond donors (Lipinski definition) is 0. The quantitative estimate of drug-likeness (QED) is 0.536. The molecule has 94 valence electrons. The second-order valence-electron chi connectivity index (χ2n) is 5.07. The van der Waals surface area contributed by atoms with E-state index in [4.69, 9.17) is 0 Å². The van der Waals surface area contributed by atoms with Crippen LogP contribution in [0.4, 0.5) is 0 Å². The van der Waals surface area contributed by atoms with Gasteiger partial charge in [-0.2, -0.15) is 0 Å². The molecule has 0 radical (unpaired) electrons. The van der Waals surface area contributed by atoms with Gasteiger partial charge in [0, 0.05) is 10.4 Å². The standard InChI is InChI=1S/C14H18Br2O/c1-9(2)12(15)10-5-7-11(8-6-10)13(17)14(3,4)16/h5-9,12H,1-4H3. The number of halogens is 2. The smallest absolute Gasteiger partial charge is 0.178 e. The Bertz CT molecular complexity index is 388. The van der Waals surface area contributed by atoms with Gasteiger partial charge in [0.25, 0.3) is 0 Å². The van der Waals surface area contributed by atoms with Crippen molar-refractivity contribution in [3.05, 3.63) is 35.4 Å². The zero-order valence-electron chi connectivity index (χ0n) is 10.6. The third-order valence-corrected chi connectivity index (χ3v) is 4.56. The first-order chi connectivity index (χ1) is 7.73. The van der Waals surface area contributed by atoms with Crippen LogP contribution in [0.15, 0.2) is 24.3 Å². The summed E-state index contributed by atoms with van der Waals surface area (Å²) < 4.78 is -0.500. The summed E-state index contributed by atoms with van der Waals surface area (Å²) in [6.45, 7) is 8.06. The maximum atomic E-state index is 12.0. The molecule has 0 aliphatic rings. The molecule has 0 aromatic heterocycles. The maximum absolute atomic E-state index is 12.0. The predicted octanol–water partition coefficient (Wildman–Crippen LogP) is 5.13. The molecule has 17 heavy (non-hydrogen) atoms. The molecule has 1 aromatic rings. The fourth-order valence-electron chi connectivity index (χ4n) is 1.55. The molecule has 0 amide bonds. The van der Waals surface area contributed by atoms with Crippen molar-refractivity contribution in [1.82, 2.24) is 0 Å². The molecule has 1 nitrogen and oxygen atoms in total. The summed E-state index contributed by atoms with van der Waals surface area (Å²) in [5.41, 5.74) is 1.96. The first-order valence-electron chi connectivity index (χ1n) is 5.71. The fraction of sp³-hybridized carbons (Fsp3) is 0.500. The lowest BCUT2D eigenvalue weighted by Gasteiger charge is -2.17. The van der Waals surface area contributed by atoms with Crippen LogP contribution in [-0.4, -0.2) is 10.1 Å². The molecular weight excluding hydrogens is 344 g/mol. The van der Waals surface area contributed by atoms with Gasteiger partial charge in [-0.1, -0.05) is 70.0 Å². The number of rotatable bonds is 4. The Labute approximate surface area is 120 Å². The van der Waals surface area contributed by atoms with E-state index in [1.165, 1.54) is 5.56 Å². The summed E-state index contributed by atoms with van der Waals surface area (Å²) >= 11 is 7.05. The van der Waals surface area contributed by atoms with Gasteiger partial charge < -0.3 is 0 Å². The van der Waals surface area contributed by atoms with Crippen molar-refractivity contribution < 1.29 is 4.79 Å². The third kappa shape index (κ3) is 3.92. The van der Waals surface area contributed by atoms with E-state index in [0.29, 0.717) is 10.7 Å². The molecule has 0 spiro atoms. The summed E-state index contributed by atoms with van der Waals surface area (Å²) in [5.74, 6) is 0.642. The Morgan fingerprint density at radius 1 is 1.18 bits per heavy atom. The van der Waals surface area contributed by atoms with Crippen LogP contribution in [0.2, 0.25) is 0 Å². The Hall–Kier alpha value is -0.150. The average Bonchev–Trinajstić information content (AvgIpc) is 2.26. The fourth-order valence-corrected chi connectivity index (χ4v) is 2.08. The van der Waals surface area contributed by atoms with Crippen LogP contribution < -0.4 is 0 Å². The minimum Gasteiger partial charge on any atom is -0.293 e. The van der Waals surface area contributed by atoms with Gasteiger partial charge in [-0.15, -0.1) is 0 Å². The van der Waals surface area contributed by atoms with Crippen LogP contribution in [0.5, 0.6) is 0 Å². The van der Waals surface area contributed by atoms with Crippen LogP contribution in [0.25, 0.3) is 0 Å². The van der Waals surface area contributed by atoms with E-state index in [-0.39, 0.29) is 5.78 Å². The highest BCUT2D eigenvalue weighted by molar-refractivity contribution is 9.10. The van der Waals surface area contributed by atoms with E-state index in [1.807, 2.05) is 38.1 Å². The zero-order valence-corrected chi connectivity index (χ0v) is 13.8. The van der Waals surface area contributed by atoms with Gasteiger partial charge in [0.05, 0.1) is 4.32 Å². The van der Waals surface area contributed by atoms with Crippen molar-refractivity contribution >= 4 is 37.6 Å². The normalized spacial score (nSPS) is 13.8. The average molecular weight is 362 g/mol. The number of Topliss-reactive ketones (excluding diaryl/α,β-unsaturated/α-hetero) is 1. The molecule has 0 saturated heterocycles. The van der Waals surface area contributed by atoms with Gasteiger partial charge in [-0.3, -0.25) is 4.79 Å². The SMILES string of the molecule is CC(C)C(Br)c1ccc(C(=O)C(C)(C)Br)cc1. The van der Waals surface area contributed by atoms with Crippen molar-refractivity contribution in [2.24, 2.45) is 5.92 Å². The van der Waals surface area contributed by atoms with Gasteiger partial charge in [-0.05, 0) is 25.3 Å². The number of carbonyl (C=O) groups excluding carboxylic acids is 1. The van der Waals surface area contributed by atoms with Gasteiger partial charge in [0.15, 0.2) is 5.78 Å². The van der Waals surface area contributed by atoms with E-state index in [0.717, 1.165) is 5.56 Å². The lowest BCUT2D eigenvalue weighted by atomic mass is 9.97. The highest BCUT2D eigenvalue weighted by atomic mass is 79.9. The number of carbonyl (C=O) groups is 1. The van der Waals surface area contributed by atoms with E-state index < -0.39 is 4.32 Å². The summed E-state index contributed by atoms with van der Waals surface area (Å²) in [4.78, 5) is 12.4. The molecule has 0 heterocycles. The second kappa shape index (κ2) is 5.66. The van der Waals surface area contributed by atoms with Crippen molar-refractivity contribution in [1.29, 1.82) is 0 Å². The van der Waals surface area contributed by atoms with Crippen LogP contribution in [0, 0.1) is 5.92 Å². The Kier molecular flexibility index (Phi) is 4.96. The molecule has 1 aromatic carbocycles. The number of ketones is 1. The predicted molar refractivity (Wildman–Crippen MR) is 80.3 cm³/mol. The highest BCUT2D eigenvalue weighted by Crippen LogP contribution is 2.31. The lowest BCUT2D eigenvalue weighted by molar-refractivity contribution is 0.0961. The Balaban J connectivity index is 2.93. The van der Waals surface area contributed by atoms with Crippen molar-refractivity contribution in [2.75, 3.05) is 0 Å². The molecule has 0 aliphatic heterocycles. The van der Waals surface area contributed by atoms with Gasteiger partial charge in [-0.25, -0.2) is 0 Å². The molecule has 0 N–H and O–H groups in total. The molecule has 0 saturated carbocycles. The highest BCUT2D eigenvalue weighted by Gasteiger charge is 2.25. The zero-order chi connectivity index (χ0) is 13.2. The van der Waals surface area contributed by atoms with Gasteiger partial charge >= 0.3 is 0 Å². The molecule has 0 fully saturated rings. The van der Waals surface area contributed by atoms with Crippen LogP contribution in [0.1, 0.15) is 48.4 Å². The minimum atomic E-state index is -0.500. The van der Waals surface area contributed by atoms with Gasteiger partial charge in [0.1, 0.15) is 0 Å². The van der Waals surface area contributed by atoms with Crippen molar-refractivity contribution in [2.45, 2.75) is 36.8 Å². The van der Waals surface area contributed by atoms with Crippen LogP contribution in [-0.2, 0) is 0 Å². The number of benzene rings is 1. The molecule has 1 atom stereocenters. The first-order valence-corrected chi connectivity index (χ1v) is 7.42.